The number of esters is 2. The molecule has 0 aliphatic rings. The predicted molar refractivity (Wildman–Crippen MR) is 97.4 cm³/mol. The molecule has 0 saturated carbocycles. The molecule has 168 valence electrons. The van der Waals surface area contributed by atoms with Crippen LogP contribution in [-0.4, -0.2) is 42.6 Å². The fourth-order valence-corrected chi connectivity index (χ4v) is 2.11. The fourth-order valence-electron chi connectivity index (χ4n) is 2.11. The lowest BCUT2D eigenvalue weighted by atomic mass is 9.80. The van der Waals surface area contributed by atoms with Crippen LogP contribution in [0, 0.1) is 16.7 Å². The second-order valence-corrected chi connectivity index (χ2v) is 8.51. The van der Waals surface area contributed by atoms with Gasteiger partial charge in [0.25, 0.3) is 0 Å². The maximum atomic E-state index is 12.4. The van der Waals surface area contributed by atoms with Crippen LogP contribution in [0.15, 0.2) is 0 Å². The fraction of sp³-hybridized carbons (Fsp3) is 0.789. The zero-order valence-corrected chi connectivity index (χ0v) is 17.9. The molecule has 0 aromatic heterocycles. The van der Waals surface area contributed by atoms with Gasteiger partial charge in [0.05, 0.1) is 5.92 Å². The Labute approximate surface area is 168 Å². The van der Waals surface area contributed by atoms with Gasteiger partial charge in [-0.2, -0.15) is 13.2 Å². The summed E-state index contributed by atoms with van der Waals surface area (Å²) in [4.78, 5) is 48.0. The highest BCUT2D eigenvalue weighted by atomic mass is 19.4. The van der Waals surface area contributed by atoms with Crippen molar-refractivity contribution in [1.29, 1.82) is 0 Å². The van der Waals surface area contributed by atoms with Crippen LogP contribution in [0.25, 0.3) is 0 Å². The van der Waals surface area contributed by atoms with Gasteiger partial charge in [-0.1, -0.05) is 41.5 Å². The summed E-state index contributed by atoms with van der Waals surface area (Å²) in [5.41, 5.74) is -1.88. The molecule has 0 heterocycles. The number of rotatable bonds is 8. The summed E-state index contributed by atoms with van der Waals surface area (Å²) in [6, 6.07) is 0. The van der Waals surface area contributed by atoms with Crippen LogP contribution in [-0.2, 0) is 28.7 Å². The van der Waals surface area contributed by atoms with Crippen molar-refractivity contribution in [2.24, 2.45) is 16.7 Å². The van der Waals surface area contributed by atoms with Crippen molar-refractivity contribution < 1.29 is 41.8 Å². The van der Waals surface area contributed by atoms with Crippen molar-refractivity contribution in [1.82, 2.24) is 5.32 Å². The van der Waals surface area contributed by atoms with Gasteiger partial charge in [-0.15, -0.1) is 0 Å². The highest BCUT2D eigenvalue weighted by molar-refractivity contribution is 5.99. The van der Waals surface area contributed by atoms with Crippen LogP contribution in [0.4, 0.5) is 13.2 Å². The molecule has 0 spiro atoms. The van der Waals surface area contributed by atoms with E-state index in [-0.39, 0.29) is 12.8 Å². The molecule has 2 atom stereocenters. The SMILES string of the molecule is CCC(CC(C)(C)C(=O)NC(=O)C(C)(C)C)C(=O)OCC(=O)OC(C)C(F)(F)F. The zero-order valence-electron chi connectivity index (χ0n) is 17.9. The first-order valence-electron chi connectivity index (χ1n) is 9.20. The molecule has 0 aliphatic carbocycles. The van der Waals surface area contributed by atoms with Crippen LogP contribution in [0.2, 0.25) is 0 Å². The molecule has 0 bridgehead atoms. The molecule has 0 aromatic rings. The van der Waals surface area contributed by atoms with Crippen molar-refractivity contribution in [3.63, 3.8) is 0 Å². The number of carbonyl (C=O) groups excluding carboxylic acids is 4. The third-order valence-electron chi connectivity index (χ3n) is 4.21. The van der Waals surface area contributed by atoms with Gasteiger partial charge >= 0.3 is 18.1 Å². The Bertz CT molecular complexity index is 622. The molecule has 7 nitrogen and oxygen atoms in total. The van der Waals surface area contributed by atoms with Crippen LogP contribution in [0.1, 0.15) is 61.3 Å². The monoisotopic (exact) mass is 425 g/mol. The van der Waals surface area contributed by atoms with E-state index in [0.29, 0.717) is 6.92 Å². The van der Waals surface area contributed by atoms with Gasteiger partial charge in [0.15, 0.2) is 12.7 Å². The van der Waals surface area contributed by atoms with E-state index in [1.54, 1.807) is 41.5 Å². The Morgan fingerprint density at radius 1 is 0.966 bits per heavy atom. The highest BCUT2D eigenvalue weighted by Crippen LogP contribution is 2.29. The molecule has 1 N–H and O–H groups in total. The number of alkyl halides is 3. The summed E-state index contributed by atoms with van der Waals surface area (Å²) in [7, 11) is 0. The van der Waals surface area contributed by atoms with Crippen LogP contribution in [0.5, 0.6) is 0 Å². The van der Waals surface area contributed by atoms with E-state index in [9.17, 15) is 32.3 Å². The summed E-state index contributed by atoms with van der Waals surface area (Å²) in [5.74, 6) is -4.00. The normalized spacial score (nSPS) is 14.6. The number of ether oxygens (including phenoxy) is 2. The number of carbonyl (C=O) groups is 4. The lowest BCUT2D eigenvalue weighted by Gasteiger charge is -2.28. The Morgan fingerprint density at radius 2 is 1.48 bits per heavy atom. The van der Waals surface area contributed by atoms with E-state index >= 15 is 0 Å². The van der Waals surface area contributed by atoms with E-state index in [1.807, 2.05) is 0 Å². The van der Waals surface area contributed by atoms with Crippen LogP contribution < -0.4 is 5.32 Å². The number of hydrogen-bond donors (Lipinski definition) is 1. The Morgan fingerprint density at radius 3 is 1.90 bits per heavy atom. The summed E-state index contributed by atoms with van der Waals surface area (Å²) in [5, 5.41) is 2.30. The molecule has 0 aliphatic heterocycles. The second kappa shape index (κ2) is 10.1. The maximum absolute atomic E-state index is 12.4. The molecular formula is C19H30F3NO6. The molecular weight excluding hydrogens is 395 g/mol. The lowest BCUT2D eigenvalue weighted by Crippen LogP contribution is -2.46. The smallest absolute Gasteiger partial charge is 0.425 e. The number of amides is 2. The van der Waals surface area contributed by atoms with Crippen molar-refractivity contribution >= 4 is 23.8 Å². The third-order valence-corrected chi connectivity index (χ3v) is 4.21. The Balaban J connectivity index is 4.84. The van der Waals surface area contributed by atoms with Crippen LogP contribution >= 0.6 is 0 Å². The van der Waals surface area contributed by atoms with Gasteiger partial charge in [-0.05, 0) is 19.8 Å². The molecule has 0 radical (unpaired) electrons. The van der Waals surface area contributed by atoms with Gasteiger partial charge in [0.2, 0.25) is 11.8 Å². The van der Waals surface area contributed by atoms with E-state index in [0.717, 1.165) is 0 Å². The summed E-state index contributed by atoms with van der Waals surface area (Å²) >= 11 is 0. The first-order valence-corrected chi connectivity index (χ1v) is 9.20. The molecule has 2 unspecified atom stereocenters. The number of halogens is 3. The lowest BCUT2D eigenvalue weighted by molar-refractivity contribution is -0.218. The average Bonchev–Trinajstić information content (AvgIpc) is 2.55. The van der Waals surface area contributed by atoms with Crippen molar-refractivity contribution in [3.05, 3.63) is 0 Å². The number of hydrogen-bond acceptors (Lipinski definition) is 6. The molecule has 2 amide bonds. The van der Waals surface area contributed by atoms with Gasteiger partial charge < -0.3 is 9.47 Å². The average molecular weight is 425 g/mol. The maximum Gasteiger partial charge on any atom is 0.425 e. The van der Waals surface area contributed by atoms with Gasteiger partial charge in [-0.25, -0.2) is 4.79 Å². The van der Waals surface area contributed by atoms with Crippen LogP contribution in [0.3, 0.4) is 0 Å². The second-order valence-electron chi connectivity index (χ2n) is 8.51. The first kappa shape index (κ1) is 26.9. The first-order chi connectivity index (χ1) is 12.9. The Hall–Kier alpha value is -2.13. The standard InChI is InChI=1S/C19H30F3NO6/c1-8-12(9-18(6,7)16(27)23-15(26)17(3,4)5)14(25)28-10-13(24)29-11(2)19(20,21)22/h11-12H,8-10H2,1-7H3,(H,23,26,27). The van der Waals surface area contributed by atoms with Crippen molar-refractivity contribution in [3.8, 4) is 0 Å². The molecule has 0 aromatic carbocycles. The van der Waals surface area contributed by atoms with Gasteiger partial charge in [-0.3, -0.25) is 19.7 Å². The minimum Gasteiger partial charge on any atom is -0.453 e. The summed E-state index contributed by atoms with van der Waals surface area (Å²) in [6.45, 7) is 9.39. The van der Waals surface area contributed by atoms with Crippen molar-refractivity contribution in [2.45, 2.75) is 73.6 Å². The zero-order chi connectivity index (χ0) is 23.2. The number of imide groups is 1. The Kier molecular flexibility index (Phi) is 9.33. The van der Waals surface area contributed by atoms with Gasteiger partial charge in [0, 0.05) is 10.8 Å². The molecule has 0 fully saturated rings. The summed E-state index contributed by atoms with van der Waals surface area (Å²) in [6.07, 6.45) is -6.76. The summed E-state index contributed by atoms with van der Waals surface area (Å²) < 4.78 is 46.0. The third kappa shape index (κ3) is 9.27. The largest absolute Gasteiger partial charge is 0.453 e. The highest BCUT2D eigenvalue weighted by Gasteiger charge is 2.40. The number of nitrogens with one attached hydrogen (secondary N) is 1. The predicted octanol–water partition coefficient (Wildman–Crippen LogP) is 3.16. The molecule has 0 saturated heterocycles. The topological polar surface area (TPSA) is 98.8 Å². The minimum atomic E-state index is -4.71. The van der Waals surface area contributed by atoms with E-state index in [1.165, 1.54) is 0 Å². The van der Waals surface area contributed by atoms with E-state index in [2.05, 4.69) is 10.1 Å². The minimum absolute atomic E-state index is 0.0135. The van der Waals surface area contributed by atoms with E-state index in [4.69, 9.17) is 4.74 Å². The molecule has 29 heavy (non-hydrogen) atoms. The van der Waals surface area contributed by atoms with Gasteiger partial charge in [0.1, 0.15) is 0 Å². The molecule has 10 heteroatoms. The van der Waals surface area contributed by atoms with Crippen molar-refractivity contribution in [2.75, 3.05) is 6.61 Å². The quantitative estimate of drug-likeness (QED) is 0.600. The molecule has 0 rings (SSSR count). The van der Waals surface area contributed by atoms with E-state index < -0.39 is 59.4 Å².